The van der Waals surface area contributed by atoms with E-state index in [0.29, 0.717) is 18.0 Å². The molecule has 26 heavy (non-hydrogen) atoms. The van der Waals surface area contributed by atoms with E-state index in [1.807, 2.05) is 0 Å². The van der Waals surface area contributed by atoms with Crippen LogP contribution in [0.5, 0.6) is 0 Å². The molecule has 138 valence electrons. The number of carbonyl (C=O) groups is 3. The number of nitrogens with one attached hydrogen (secondary N) is 1. The molecule has 1 atom stereocenters. The second-order valence-electron chi connectivity index (χ2n) is 5.82. The number of furan rings is 1. The van der Waals surface area contributed by atoms with Crippen molar-refractivity contribution in [3.8, 4) is 0 Å². The smallest absolute Gasteiger partial charge is 0.324 e. The van der Waals surface area contributed by atoms with Crippen LogP contribution in [0.1, 0.15) is 17.6 Å². The maximum atomic E-state index is 12.4. The summed E-state index contributed by atoms with van der Waals surface area (Å²) < 4.78 is 5.33. The Hall–Kier alpha value is -2.65. The molecular formula is C17H19N3O5S. The molecule has 0 bridgehead atoms. The van der Waals surface area contributed by atoms with Gasteiger partial charge in [0, 0.05) is 24.5 Å². The Morgan fingerprint density at radius 2 is 2.12 bits per heavy atom. The minimum absolute atomic E-state index is 0.114. The normalized spacial score (nSPS) is 17.3. The average Bonchev–Trinajstić information content (AvgIpc) is 3.35. The Bertz CT molecular complexity index is 753. The number of hydrogen-bond donors (Lipinski definition) is 2. The lowest BCUT2D eigenvalue weighted by atomic mass is 9.98. The largest absolute Gasteiger partial charge is 0.466 e. The van der Waals surface area contributed by atoms with E-state index < -0.39 is 23.4 Å². The second kappa shape index (κ2) is 7.30. The van der Waals surface area contributed by atoms with Crippen LogP contribution >= 0.6 is 11.3 Å². The topological polar surface area (TPSA) is 103 Å². The zero-order valence-electron chi connectivity index (χ0n) is 14.2. The van der Waals surface area contributed by atoms with Gasteiger partial charge in [-0.2, -0.15) is 0 Å². The van der Waals surface area contributed by atoms with Gasteiger partial charge in [-0.3, -0.25) is 14.5 Å². The van der Waals surface area contributed by atoms with Gasteiger partial charge in [-0.15, -0.1) is 11.3 Å². The molecule has 4 amide bonds. The van der Waals surface area contributed by atoms with Crippen LogP contribution in [-0.4, -0.2) is 58.9 Å². The van der Waals surface area contributed by atoms with E-state index in [-0.39, 0.29) is 18.8 Å². The highest BCUT2D eigenvalue weighted by Crippen LogP contribution is 2.32. The maximum Gasteiger partial charge on any atom is 0.324 e. The molecule has 1 saturated heterocycles. The molecule has 1 fully saturated rings. The van der Waals surface area contributed by atoms with Crippen molar-refractivity contribution < 1.29 is 23.9 Å². The van der Waals surface area contributed by atoms with Crippen molar-refractivity contribution in [1.29, 1.82) is 0 Å². The van der Waals surface area contributed by atoms with E-state index in [1.54, 1.807) is 36.6 Å². The summed E-state index contributed by atoms with van der Waals surface area (Å²) in [5.74, 6) is -1.29. The summed E-state index contributed by atoms with van der Waals surface area (Å²) >= 11 is 1.32. The highest BCUT2D eigenvalue weighted by Gasteiger charge is 2.39. The molecule has 0 spiro atoms. The van der Waals surface area contributed by atoms with Gasteiger partial charge < -0.3 is 19.7 Å². The number of piperazine rings is 1. The van der Waals surface area contributed by atoms with Gasteiger partial charge in [0.1, 0.15) is 5.76 Å². The number of carbonyl (C=O) groups excluding carboxylic acids is 3. The van der Waals surface area contributed by atoms with E-state index in [1.165, 1.54) is 22.5 Å². The Morgan fingerprint density at radius 3 is 2.73 bits per heavy atom. The lowest BCUT2D eigenvalue weighted by Crippen LogP contribution is -2.59. The molecule has 2 N–H and O–H groups in total. The summed E-state index contributed by atoms with van der Waals surface area (Å²) in [6.07, 6.45) is 1.43. The van der Waals surface area contributed by atoms with Crippen molar-refractivity contribution in [3.63, 3.8) is 0 Å². The van der Waals surface area contributed by atoms with E-state index in [0.717, 1.165) is 4.90 Å². The summed E-state index contributed by atoms with van der Waals surface area (Å²) in [4.78, 5) is 39.3. The Labute approximate surface area is 154 Å². The minimum Gasteiger partial charge on any atom is -0.466 e. The fourth-order valence-electron chi connectivity index (χ4n) is 2.79. The SMILES string of the molecule is CCN1CCN(C(=O)NCC(O)(c2ccco2)c2cccs2)C(=O)C1=O. The summed E-state index contributed by atoms with van der Waals surface area (Å²) in [5.41, 5.74) is -1.56. The summed E-state index contributed by atoms with van der Waals surface area (Å²) in [5, 5.41) is 15.4. The van der Waals surface area contributed by atoms with Gasteiger partial charge in [-0.1, -0.05) is 6.07 Å². The fraction of sp³-hybridized carbons (Fsp3) is 0.353. The van der Waals surface area contributed by atoms with E-state index >= 15 is 0 Å². The van der Waals surface area contributed by atoms with Crippen LogP contribution in [0.3, 0.4) is 0 Å². The third kappa shape index (κ3) is 3.23. The first kappa shape index (κ1) is 18.2. The molecule has 2 aromatic heterocycles. The van der Waals surface area contributed by atoms with Crippen LogP contribution in [0, 0.1) is 0 Å². The quantitative estimate of drug-likeness (QED) is 0.756. The van der Waals surface area contributed by atoms with Crippen molar-refractivity contribution >= 4 is 29.2 Å². The number of urea groups is 1. The van der Waals surface area contributed by atoms with E-state index in [4.69, 9.17) is 4.42 Å². The zero-order valence-corrected chi connectivity index (χ0v) is 15.0. The van der Waals surface area contributed by atoms with Crippen LogP contribution in [0.4, 0.5) is 4.79 Å². The van der Waals surface area contributed by atoms with Crippen LogP contribution in [-0.2, 0) is 15.2 Å². The number of hydrogen-bond acceptors (Lipinski definition) is 6. The first-order valence-corrected chi connectivity index (χ1v) is 9.04. The Balaban J connectivity index is 1.73. The molecule has 0 radical (unpaired) electrons. The van der Waals surface area contributed by atoms with Crippen molar-refractivity contribution in [3.05, 3.63) is 46.5 Å². The molecular weight excluding hydrogens is 358 g/mol. The Morgan fingerprint density at radius 1 is 1.31 bits per heavy atom. The van der Waals surface area contributed by atoms with Gasteiger partial charge in [-0.25, -0.2) is 4.79 Å². The molecule has 1 aliphatic heterocycles. The van der Waals surface area contributed by atoms with Crippen LogP contribution < -0.4 is 5.32 Å². The van der Waals surface area contributed by atoms with Gasteiger partial charge >= 0.3 is 17.8 Å². The number of imide groups is 1. The van der Waals surface area contributed by atoms with Crippen LogP contribution in [0.15, 0.2) is 40.3 Å². The molecule has 3 rings (SSSR count). The molecule has 0 aromatic carbocycles. The summed E-state index contributed by atoms with van der Waals surface area (Å²) in [6.45, 7) is 2.39. The lowest BCUT2D eigenvalue weighted by molar-refractivity contribution is -0.153. The number of aliphatic hydroxyl groups is 1. The van der Waals surface area contributed by atoms with E-state index in [9.17, 15) is 19.5 Å². The predicted molar refractivity (Wildman–Crippen MR) is 93.4 cm³/mol. The third-order valence-corrected chi connectivity index (χ3v) is 5.31. The summed E-state index contributed by atoms with van der Waals surface area (Å²) in [6, 6.07) is 6.04. The number of nitrogens with zero attached hydrogens (tertiary/aromatic N) is 2. The van der Waals surface area contributed by atoms with Gasteiger partial charge in [0.2, 0.25) is 0 Å². The van der Waals surface area contributed by atoms with Crippen LogP contribution in [0.2, 0.25) is 0 Å². The second-order valence-corrected chi connectivity index (χ2v) is 6.76. The molecule has 0 saturated carbocycles. The molecule has 9 heteroatoms. The van der Waals surface area contributed by atoms with Crippen molar-refractivity contribution in [2.45, 2.75) is 12.5 Å². The maximum absolute atomic E-state index is 12.4. The monoisotopic (exact) mass is 377 g/mol. The summed E-state index contributed by atoms with van der Waals surface area (Å²) in [7, 11) is 0. The van der Waals surface area contributed by atoms with Crippen molar-refractivity contribution in [2.24, 2.45) is 0 Å². The predicted octanol–water partition coefficient (Wildman–Crippen LogP) is 0.977. The van der Waals surface area contributed by atoms with Gasteiger partial charge in [-0.05, 0) is 30.5 Å². The number of rotatable bonds is 5. The standard InChI is InChI=1S/C17H19N3O5S/c1-2-19-7-8-20(15(22)14(19)21)16(23)18-11-17(24,12-5-3-9-25-12)13-6-4-10-26-13/h3-6,9-10,24H,2,7-8,11H2,1H3,(H,18,23). The molecule has 2 aromatic rings. The minimum atomic E-state index is -1.56. The third-order valence-electron chi connectivity index (χ3n) is 4.29. The highest BCUT2D eigenvalue weighted by molar-refractivity contribution is 7.10. The van der Waals surface area contributed by atoms with E-state index in [2.05, 4.69) is 5.32 Å². The van der Waals surface area contributed by atoms with Gasteiger partial charge in [0.25, 0.3) is 0 Å². The highest BCUT2D eigenvalue weighted by atomic mass is 32.1. The molecule has 1 unspecified atom stereocenters. The zero-order chi connectivity index (χ0) is 18.7. The van der Waals surface area contributed by atoms with Crippen molar-refractivity contribution in [2.75, 3.05) is 26.2 Å². The lowest BCUT2D eigenvalue weighted by Gasteiger charge is -2.32. The fourth-order valence-corrected chi connectivity index (χ4v) is 3.62. The molecule has 1 aliphatic rings. The van der Waals surface area contributed by atoms with Crippen LogP contribution in [0.25, 0.3) is 0 Å². The Kier molecular flexibility index (Phi) is 5.10. The first-order valence-electron chi connectivity index (χ1n) is 8.16. The van der Waals surface area contributed by atoms with Gasteiger partial charge in [0.15, 0.2) is 5.60 Å². The molecule has 8 nitrogen and oxygen atoms in total. The number of likely N-dealkylation sites (N-methyl/N-ethyl adjacent to an activating group) is 1. The average molecular weight is 377 g/mol. The number of amides is 4. The number of thiophene rings is 1. The molecule has 3 heterocycles. The molecule has 0 aliphatic carbocycles. The van der Waals surface area contributed by atoms with Gasteiger partial charge in [0.05, 0.1) is 12.8 Å². The van der Waals surface area contributed by atoms with Crippen molar-refractivity contribution in [1.82, 2.24) is 15.1 Å². The first-order chi connectivity index (χ1) is 12.5.